The van der Waals surface area contributed by atoms with Gasteiger partial charge in [-0.3, -0.25) is 14.9 Å². The van der Waals surface area contributed by atoms with E-state index in [1.54, 1.807) is 7.11 Å². The zero-order valence-electron chi connectivity index (χ0n) is 13.9. The van der Waals surface area contributed by atoms with Gasteiger partial charge in [-0.25, -0.2) is 0 Å². The third-order valence-electron chi connectivity index (χ3n) is 3.58. The standard InChI is InChI=1S/C17H18ClN3O4/c1-20(10-12-5-3-4-6-16(12)25-2)11-17(22)19-14-8-7-13(18)9-15(14)21(23)24/h3-9H,10-11H2,1-2H3,(H,19,22)/p+1. The molecule has 0 saturated heterocycles. The van der Waals surface area contributed by atoms with E-state index in [4.69, 9.17) is 16.3 Å². The van der Waals surface area contributed by atoms with Crippen molar-refractivity contribution in [2.75, 3.05) is 26.0 Å². The number of amides is 1. The number of hydrogen-bond acceptors (Lipinski definition) is 4. The number of nitrogens with one attached hydrogen (secondary N) is 2. The Morgan fingerprint density at radius 2 is 2.04 bits per heavy atom. The van der Waals surface area contributed by atoms with Gasteiger partial charge in [0.05, 0.1) is 19.1 Å². The molecule has 2 N–H and O–H groups in total. The molecule has 2 aromatic carbocycles. The molecule has 0 heterocycles. The van der Waals surface area contributed by atoms with Crippen LogP contribution < -0.4 is 15.0 Å². The number of carbonyl (C=O) groups is 1. The van der Waals surface area contributed by atoms with Crippen LogP contribution in [-0.2, 0) is 11.3 Å². The lowest BCUT2D eigenvalue weighted by atomic mass is 10.2. The number of benzene rings is 2. The number of quaternary nitrogens is 1. The zero-order valence-corrected chi connectivity index (χ0v) is 14.7. The Morgan fingerprint density at radius 3 is 2.72 bits per heavy atom. The predicted octanol–water partition coefficient (Wildman–Crippen LogP) is 1.91. The highest BCUT2D eigenvalue weighted by Gasteiger charge is 2.19. The van der Waals surface area contributed by atoms with Crippen molar-refractivity contribution in [1.82, 2.24) is 0 Å². The smallest absolute Gasteiger partial charge is 0.294 e. The second-order valence-electron chi connectivity index (χ2n) is 5.59. The molecule has 7 nitrogen and oxygen atoms in total. The van der Waals surface area contributed by atoms with Crippen LogP contribution in [0, 0.1) is 10.1 Å². The molecule has 1 amide bonds. The molecule has 0 aliphatic carbocycles. The van der Waals surface area contributed by atoms with Gasteiger partial charge in [0.2, 0.25) is 0 Å². The van der Waals surface area contributed by atoms with Crippen molar-refractivity contribution < 1.29 is 19.4 Å². The van der Waals surface area contributed by atoms with Crippen LogP contribution >= 0.6 is 11.6 Å². The van der Waals surface area contributed by atoms with Gasteiger partial charge in [0.15, 0.2) is 6.54 Å². The number of carbonyl (C=O) groups excluding carboxylic acids is 1. The molecule has 0 aliphatic heterocycles. The number of methoxy groups -OCH3 is 1. The average molecular weight is 365 g/mol. The molecule has 0 aliphatic rings. The first-order valence-corrected chi connectivity index (χ1v) is 7.95. The monoisotopic (exact) mass is 364 g/mol. The molecule has 1 atom stereocenters. The highest BCUT2D eigenvalue weighted by Crippen LogP contribution is 2.27. The molecule has 2 aromatic rings. The predicted molar refractivity (Wildman–Crippen MR) is 95.2 cm³/mol. The largest absolute Gasteiger partial charge is 0.496 e. The Kier molecular flexibility index (Phi) is 6.32. The van der Waals surface area contributed by atoms with Crippen LogP contribution in [0.25, 0.3) is 0 Å². The van der Waals surface area contributed by atoms with Crippen molar-refractivity contribution in [3.63, 3.8) is 0 Å². The van der Waals surface area contributed by atoms with Crippen molar-refractivity contribution in [3.05, 3.63) is 63.2 Å². The van der Waals surface area contributed by atoms with E-state index in [0.717, 1.165) is 16.2 Å². The third kappa shape index (κ3) is 5.17. The highest BCUT2D eigenvalue weighted by atomic mass is 35.5. The van der Waals surface area contributed by atoms with Crippen molar-refractivity contribution >= 4 is 28.9 Å². The maximum Gasteiger partial charge on any atom is 0.294 e. The summed E-state index contributed by atoms with van der Waals surface area (Å²) in [5.74, 6) is 0.438. The van der Waals surface area contributed by atoms with Gasteiger partial charge in [-0.2, -0.15) is 0 Å². The molecule has 0 saturated carbocycles. The van der Waals surface area contributed by atoms with Crippen molar-refractivity contribution in [2.24, 2.45) is 0 Å². The van der Waals surface area contributed by atoms with Crippen molar-refractivity contribution in [2.45, 2.75) is 6.54 Å². The quantitative estimate of drug-likeness (QED) is 0.580. The normalized spacial score (nSPS) is 11.6. The van der Waals surface area contributed by atoms with Crippen molar-refractivity contribution in [3.8, 4) is 5.75 Å². The fourth-order valence-corrected chi connectivity index (χ4v) is 2.63. The first-order valence-electron chi connectivity index (χ1n) is 7.57. The van der Waals surface area contributed by atoms with Gasteiger partial charge in [-0.1, -0.05) is 23.7 Å². The van der Waals surface area contributed by atoms with Crippen molar-refractivity contribution in [1.29, 1.82) is 0 Å². The van der Waals surface area contributed by atoms with Crippen LogP contribution in [-0.4, -0.2) is 31.5 Å². The molecular weight excluding hydrogens is 346 g/mol. The molecule has 0 fully saturated rings. The number of halogens is 1. The summed E-state index contributed by atoms with van der Waals surface area (Å²) in [4.78, 5) is 23.6. The summed E-state index contributed by atoms with van der Waals surface area (Å²) >= 11 is 5.77. The molecule has 1 unspecified atom stereocenters. The average Bonchev–Trinajstić information content (AvgIpc) is 2.56. The highest BCUT2D eigenvalue weighted by molar-refractivity contribution is 6.31. The molecule has 0 bridgehead atoms. The number of nitrogens with zero attached hydrogens (tertiary/aromatic N) is 1. The topological polar surface area (TPSA) is 85.9 Å². The summed E-state index contributed by atoms with van der Waals surface area (Å²) in [6, 6.07) is 11.7. The summed E-state index contributed by atoms with van der Waals surface area (Å²) in [5, 5.41) is 13.9. The summed E-state index contributed by atoms with van der Waals surface area (Å²) in [6.07, 6.45) is 0. The van der Waals surface area contributed by atoms with Gasteiger partial charge in [0, 0.05) is 16.7 Å². The van der Waals surface area contributed by atoms with Gasteiger partial charge in [-0.05, 0) is 24.3 Å². The van der Waals surface area contributed by atoms with E-state index in [-0.39, 0.29) is 28.8 Å². The Bertz CT molecular complexity index is 782. The van der Waals surface area contributed by atoms with Gasteiger partial charge >= 0.3 is 0 Å². The Hall–Kier alpha value is -2.64. The number of para-hydroxylation sites is 1. The first kappa shape index (κ1) is 18.7. The number of anilines is 1. The minimum atomic E-state index is -0.576. The van der Waals surface area contributed by atoms with Gasteiger partial charge < -0.3 is 15.0 Å². The molecule has 0 spiro atoms. The molecular formula is C17H19ClN3O4+. The van der Waals surface area contributed by atoms with Crippen LogP contribution in [0.4, 0.5) is 11.4 Å². The van der Waals surface area contributed by atoms with E-state index in [0.29, 0.717) is 6.54 Å². The lowest BCUT2D eigenvalue weighted by molar-refractivity contribution is -0.885. The second-order valence-corrected chi connectivity index (χ2v) is 6.03. The minimum absolute atomic E-state index is 0.129. The fraction of sp³-hybridized carbons (Fsp3) is 0.235. The van der Waals surface area contributed by atoms with E-state index in [1.807, 2.05) is 31.3 Å². The third-order valence-corrected chi connectivity index (χ3v) is 3.81. The van der Waals surface area contributed by atoms with Crippen LogP contribution in [0.2, 0.25) is 5.02 Å². The number of hydrogen-bond donors (Lipinski definition) is 2. The SMILES string of the molecule is COc1ccccc1C[NH+](C)CC(=O)Nc1ccc(Cl)cc1[N+](=O)[O-]. The number of ether oxygens (including phenoxy) is 1. The number of nitro groups is 1. The molecule has 0 radical (unpaired) electrons. The minimum Gasteiger partial charge on any atom is -0.496 e. The van der Waals surface area contributed by atoms with E-state index in [9.17, 15) is 14.9 Å². The lowest BCUT2D eigenvalue weighted by Crippen LogP contribution is -3.08. The molecule has 25 heavy (non-hydrogen) atoms. The maximum absolute atomic E-state index is 12.2. The van der Waals surface area contributed by atoms with Crippen LogP contribution in [0.15, 0.2) is 42.5 Å². The van der Waals surface area contributed by atoms with E-state index >= 15 is 0 Å². The van der Waals surface area contributed by atoms with Gasteiger partial charge in [-0.15, -0.1) is 0 Å². The number of nitro benzene ring substituents is 1. The summed E-state index contributed by atoms with van der Waals surface area (Å²) < 4.78 is 5.30. The molecule has 132 valence electrons. The van der Waals surface area contributed by atoms with E-state index in [2.05, 4.69) is 5.32 Å². The molecule has 2 rings (SSSR count). The number of rotatable bonds is 7. The van der Waals surface area contributed by atoms with Gasteiger partial charge in [0.1, 0.15) is 18.0 Å². The van der Waals surface area contributed by atoms with E-state index in [1.165, 1.54) is 18.2 Å². The van der Waals surface area contributed by atoms with E-state index < -0.39 is 4.92 Å². The van der Waals surface area contributed by atoms with Crippen LogP contribution in [0.1, 0.15) is 5.56 Å². The number of likely N-dealkylation sites (N-methyl/N-ethyl adjacent to an activating group) is 1. The second kappa shape index (κ2) is 8.46. The Balaban J connectivity index is 2.02. The summed E-state index contributed by atoms with van der Waals surface area (Å²) in [6.45, 7) is 0.734. The van der Waals surface area contributed by atoms with Crippen LogP contribution in [0.3, 0.4) is 0 Å². The first-order chi connectivity index (χ1) is 11.9. The fourth-order valence-electron chi connectivity index (χ4n) is 2.47. The maximum atomic E-state index is 12.2. The molecule has 0 aromatic heterocycles. The lowest BCUT2D eigenvalue weighted by Gasteiger charge is -2.15. The Labute approximate surface area is 150 Å². The Morgan fingerprint density at radius 1 is 1.32 bits per heavy atom. The zero-order chi connectivity index (χ0) is 18.4. The van der Waals surface area contributed by atoms with Gasteiger partial charge in [0.25, 0.3) is 11.6 Å². The molecule has 8 heteroatoms. The summed E-state index contributed by atoms with van der Waals surface area (Å²) in [5.41, 5.74) is 0.875. The summed E-state index contributed by atoms with van der Waals surface area (Å²) in [7, 11) is 3.46. The van der Waals surface area contributed by atoms with Crippen LogP contribution in [0.5, 0.6) is 5.75 Å².